The maximum atomic E-state index is 13.0. The number of aromatic nitrogens is 5. The highest BCUT2D eigenvalue weighted by Gasteiger charge is 2.54. The highest BCUT2D eigenvalue weighted by Crippen LogP contribution is 2.25. The second-order valence-corrected chi connectivity index (χ2v) is 9.62. The van der Waals surface area contributed by atoms with Gasteiger partial charge in [0.2, 0.25) is 5.60 Å². The molecule has 3 rings (SSSR count). The fraction of sp³-hybridized carbons (Fsp3) is 0.467. The second kappa shape index (κ2) is 8.91. The number of nitrogens with zero attached hydrogens (tertiary/aromatic N) is 7. The van der Waals surface area contributed by atoms with Crippen LogP contribution in [0.4, 0.5) is 5.13 Å². The van der Waals surface area contributed by atoms with Crippen LogP contribution in [0, 0.1) is 6.92 Å². The summed E-state index contributed by atoms with van der Waals surface area (Å²) in [7, 11) is -4.96. The van der Waals surface area contributed by atoms with Crippen molar-refractivity contribution < 1.29 is 37.3 Å². The Balaban J connectivity index is 1.89. The van der Waals surface area contributed by atoms with Gasteiger partial charge in [-0.1, -0.05) is 5.16 Å². The van der Waals surface area contributed by atoms with Crippen LogP contribution in [-0.4, -0.2) is 88.8 Å². The number of aryl methyl sites for hydroxylation is 1. The molecule has 1 aliphatic heterocycles. The summed E-state index contributed by atoms with van der Waals surface area (Å²) < 4.78 is 32.9. The highest BCUT2D eigenvalue weighted by atomic mass is 32.2. The van der Waals surface area contributed by atoms with Crippen molar-refractivity contribution in [2.75, 3.05) is 5.73 Å². The van der Waals surface area contributed by atoms with Crippen LogP contribution in [0.25, 0.3) is 0 Å². The Morgan fingerprint density at radius 1 is 1.41 bits per heavy atom. The molecule has 5 N–H and O–H groups in total. The van der Waals surface area contributed by atoms with Gasteiger partial charge in [-0.2, -0.15) is 13.2 Å². The molecule has 2 amide bonds. The van der Waals surface area contributed by atoms with Crippen molar-refractivity contribution in [1.82, 2.24) is 34.8 Å². The monoisotopic (exact) mass is 517 g/mol. The molecule has 1 aliphatic rings. The number of rotatable bonds is 9. The molecule has 0 radical (unpaired) electrons. The van der Waals surface area contributed by atoms with Crippen LogP contribution in [0.5, 0.6) is 0 Å². The molecule has 0 aromatic carbocycles. The second-order valence-electron chi connectivity index (χ2n) is 7.44. The van der Waals surface area contributed by atoms with Gasteiger partial charge in [0.25, 0.3) is 11.8 Å². The number of thiazole rings is 1. The van der Waals surface area contributed by atoms with Crippen molar-refractivity contribution in [2.24, 2.45) is 5.16 Å². The summed E-state index contributed by atoms with van der Waals surface area (Å²) in [4.78, 5) is 46.6. The van der Waals surface area contributed by atoms with Crippen LogP contribution < -0.4 is 11.1 Å². The number of hydrogen-bond donors (Lipinski definition) is 4. The number of amides is 2. The lowest BCUT2D eigenvalue weighted by atomic mass is 9.98. The summed E-state index contributed by atoms with van der Waals surface area (Å²) in [5, 5.41) is 27.7. The molecule has 0 saturated carbocycles. The van der Waals surface area contributed by atoms with Gasteiger partial charge in [0.05, 0.1) is 6.54 Å². The number of tetrazole rings is 1. The number of hydrogen-bond acceptors (Lipinski definition) is 13. The van der Waals surface area contributed by atoms with E-state index in [0.717, 1.165) is 16.1 Å². The van der Waals surface area contributed by atoms with Crippen LogP contribution in [0.1, 0.15) is 25.4 Å². The Morgan fingerprint density at radius 2 is 2.09 bits per heavy atom. The Labute approximate surface area is 195 Å². The lowest BCUT2D eigenvalue weighted by molar-refractivity contribution is -0.161. The summed E-state index contributed by atoms with van der Waals surface area (Å²) in [5.74, 6) is -3.30. The quantitative estimate of drug-likeness (QED) is 0.119. The fourth-order valence-corrected chi connectivity index (χ4v) is 4.14. The number of nitrogens with two attached hydrogens (primary N) is 1. The number of nitrogen functional groups attached to an aromatic ring is 1. The van der Waals surface area contributed by atoms with Crippen LogP contribution in [0.3, 0.4) is 0 Å². The predicted octanol–water partition coefficient (Wildman–Crippen LogP) is -2.20. The van der Waals surface area contributed by atoms with Gasteiger partial charge in [0.15, 0.2) is 16.7 Å². The van der Waals surface area contributed by atoms with Crippen molar-refractivity contribution in [1.29, 1.82) is 0 Å². The zero-order valence-corrected chi connectivity index (χ0v) is 19.4. The summed E-state index contributed by atoms with van der Waals surface area (Å²) in [6.07, 6.45) is 0. The third-order valence-electron chi connectivity index (χ3n) is 4.47. The third kappa shape index (κ3) is 5.10. The van der Waals surface area contributed by atoms with Crippen LogP contribution in [0.2, 0.25) is 0 Å². The number of anilines is 1. The van der Waals surface area contributed by atoms with E-state index in [4.69, 9.17) is 10.6 Å². The zero-order chi connectivity index (χ0) is 25.4. The number of oxime groups is 1. The Morgan fingerprint density at radius 3 is 2.59 bits per heavy atom. The first-order chi connectivity index (χ1) is 15.7. The van der Waals surface area contributed by atoms with Gasteiger partial charge in [-0.15, -0.1) is 21.5 Å². The fourth-order valence-electron chi connectivity index (χ4n) is 2.72. The average Bonchev–Trinajstić information content (AvgIpc) is 3.32. The number of carbonyl (C=O) groups is 3. The van der Waals surface area contributed by atoms with Crippen LogP contribution in [0.15, 0.2) is 10.5 Å². The standard InChI is InChI=1S/C15H19N9O8S2/c1-6-19-22-23(20-6)4-8-10(12(26)24(8)34(29,30)31)18-11(25)9(7-5-33-14(16)17-7)21-32-15(2,3)13(27)28/h5,8,10H,4H2,1-3H3,(H2,16,17)(H,18,25)(H,27,28)(H,29,30,31)/t8-,10-/m0/s1. The van der Waals surface area contributed by atoms with Crippen LogP contribution >= 0.6 is 11.3 Å². The van der Waals surface area contributed by atoms with Gasteiger partial charge >= 0.3 is 16.3 Å². The molecule has 0 spiro atoms. The first-order valence-electron chi connectivity index (χ1n) is 9.27. The summed E-state index contributed by atoms with van der Waals surface area (Å²) in [6, 6.07) is -2.76. The van der Waals surface area contributed by atoms with Crippen molar-refractivity contribution >= 4 is 50.3 Å². The van der Waals surface area contributed by atoms with E-state index in [1.54, 1.807) is 0 Å². The van der Waals surface area contributed by atoms with Crippen LogP contribution in [-0.2, 0) is 36.1 Å². The smallest absolute Gasteiger partial charge is 0.362 e. The number of aliphatic carboxylic acids is 1. The van der Waals surface area contributed by atoms with Gasteiger partial charge in [0, 0.05) is 5.38 Å². The molecule has 1 saturated heterocycles. The number of nitrogens with one attached hydrogen (secondary N) is 1. The molecular formula is C15H19N9O8S2. The van der Waals surface area contributed by atoms with Gasteiger partial charge in [0.1, 0.15) is 17.8 Å². The normalized spacial score (nSPS) is 19.0. The van der Waals surface area contributed by atoms with E-state index in [2.05, 4.69) is 30.9 Å². The van der Waals surface area contributed by atoms with Gasteiger partial charge in [-0.25, -0.2) is 14.1 Å². The maximum Gasteiger partial charge on any atom is 0.362 e. The Bertz CT molecular complexity index is 1270. The highest BCUT2D eigenvalue weighted by molar-refractivity contribution is 7.84. The van der Waals surface area contributed by atoms with Crippen molar-refractivity contribution in [2.45, 2.75) is 45.0 Å². The molecule has 19 heteroatoms. The average molecular weight is 518 g/mol. The minimum atomic E-state index is -4.96. The van der Waals surface area contributed by atoms with Crippen molar-refractivity contribution in [3.63, 3.8) is 0 Å². The number of carbonyl (C=O) groups excluding carboxylic acids is 2. The first-order valence-corrected chi connectivity index (χ1v) is 11.5. The van der Waals surface area contributed by atoms with Gasteiger partial charge in [-0.3, -0.25) is 14.1 Å². The first kappa shape index (κ1) is 24.9. The molecule has 2 aromatic rings. The Hall–Kier alpha value is -3.71. The van der Waals surface area contributed by atoms with E-state index in [1.165, 1.54) is 26.2 Å². The molecule has 0 aliphatic carbocycles. The minimum absolute atomic E-state index is 0.0655. The molecule has 0 bridgehead atoms. The van der Waals surface area contributed by atoms with E-state index < -0.39 is 51.5 Å². The van der Waals surface area contributed by atoms with E-state index in [9.17, 15) is 32.5 Å². The summed E-state index contributed by atoms with van der Waals surface area (Å²) >= 11 is 0.957. The summed E-state index contributed by atoms with van der Waals surface area (Å²) in [6.45, 7) is 3.56. The predicted molar refractivity (Wildman–Crippen MR) is 113 cm³/mol. The molecular weight excluding hydrogens is 498 g/mol. The topological polar surface area (TPSA) is 245 Å². The summed E-state index contributed by atoms with van der Waals surface area (Å²) in [5.41, 5.74) is 3.17. The van der Waals surface area contributed by atoms with E-state index >= 15 is 0 Å². The third-order valence-corrected chi connectivity index (χ3v) is 6.09. The molecule has 3 heterocycles. The SMILES string of the molecule is Cc1nnn(C[C@H]2[C@H](NC(=O)C(=NOC(C)(C)C(=O)O)c3csc(N)n3)C(=O)N2S(=O)(=O)O)n1. The molecule has 17 nitrogen and oxygen atoms in total. The number of carboxylic acid groups (broad SMARTS) is 1. The van der Waals surface area contributed by atoms with Crippen molar-refractivity contribution in [3.8, 4) is 0 Å². The minimum Gasteiger partial charge on any atom is -0.478 e. The van der Waals surface area contributed by atoms with E-state index in [0.29, 0.717) is 0 Å². The molecule has 0 unspecified atom stereocenters. The number of carboxylic acids is 1. The van der Waals surface area contributed by atoms with Gasteiger partial charge in [-0.05, 0) is 26.0 Å². The molecule has 1 fully saturated rings. The molecule has 2 aromatic heterocycles. The molecule has 184 valence electrons. The molecule has 2 atom stereocenters. The lowest BCUT2D eigenvalue weighted by Gasteiger charge is -2.43. The number of β-lactam (4-membered cyclic amide) rings is 1. The zero-order valence-electron chi connectivity index (χ0n) is 17.8. The van der Waals surface area contributed by atoms with Crippen molar-refractivity contribution in [3.05, 3.63) is 16.9 Å². The lowest BCUT2D eigenvalue weighted by Crippen LogP contribution is -2.73. The van der Waals surface area contributed by atoms with Gasteiger partial charge < -0.3 is 21.0 Å². The molecule has 34 heavy (non-hydrogen) atoms. The van der Waals surface area contributed by atoms with E-state index in [-0.39, 0.29) is 27.5 Å². The Kier molecular flexibility index (Phi) is 6.53. The maximum absolute atomic E-state index is 13.0. The van der Waals surface area contributed by atoms with E-state index in [1.807, 2.05) is 0 Å². The largest absolute Gasteiger partial charge is 0.478 e.